The van der Waals surface area contributed by atoms with E-state index in [1.165, 1.54) is 11.6 Å². The zero-order chi connectivity index (χ0) is 21.6. The van der Waals surface area contributed by atoms with Gasteiger partial charge in [-0.05, 0) is 45.7 Å². The van der Waals surface area contributed by atoms with Crippen LogP contribution in [0.1, 0.15) is 61.3 Å². The Morgan fingerprint density at radius 1 is 1.33 bits per heavy atom. The molecule has 1 saturated carbocycles. The SMILES string of the molecule is CCn1nccc1[C@H](C)NC(=O)Cn1nc(C)c2c(C(F)(F)F)cc(C3CC3)nc21. The molecule has 0 aliphatic heterocycles. The average Bonchev–Trinajstić information content (AvgIpc) is 3.33. The first-order chi connectivity index (χ1) is 14.2. The summed E-state index contributed by atoms with van der Waals surface area (Å²) in [6, 6.07) is 2.65. The van der Waals surface area contributed by atoms with E-state index in [-0.39, 0.29) is 41.1 Å². The lowest BCUT2D eigenvalue weighted by molar-refractivity contribution is -0.136. The van der Waals surface area contributed by atoms with Gasteiger partial charge < -0.3 is 5.32 Å². The van der Waals surface area contributed by atoms with Crippen LogP contribution in [0.5, 0.6) is 0 Å². The Balaban J connectivity index is 1.64. The van der Waals surface area contributed by atoms with Crippen molar-refractivity contribution in [2.75, 3.05) is 0 Å². The van der Waals surface area contributed by atoms with Gasteiger partial charge in [0.05, 0.1) is 28.4 Å². The van der Waals surface area contributed by atoms with Gasteiger partial charge in [0.25, 0.3) is 0 Å². The standard InChI is InChI=1S/C20H23F3N6O/c1-4-28-16(7-8-24-28)11(2)25-17(30)10-29-19-18(12(3)27-29)14(20(21,22)23)9-15(26-19)13-5-6-13/h7-9,11,13H,4-6,10H2,1-3H3,(H,25,30)/t11-/m0/s1. The van der Waals surface area contributed by atoms with Crippen LogP contribution < -0.4 is 5.32 Å². The predicted octanol–water partition coefficient (Wildman–Crippen LogP) is 3.73. The van der Waals surface area contributed by atoms with E-state index in [2.05, 4.69) is 20.5 Å². The Morgan fingerprint density at radius 2 is 2.07 bits per heavy atom. The second-order valence-electron chi connectivity index (χ2n) is 7.67. The zero-order valence-electron chi connectivity index (χ0n) is 17.0. The van der Waals surface area contributed by atoms with Crippen molar-refractivity contribution >= 4 is 16.9 Å². The van der Waals surface area contributed by atoms with Crippen LogP contribution in [0.25, 0.3) is 11.0 Å². The third kappa shape index (κ3) is 3.78. The first-order valence-electron chi connectivity index (χ1n) is 9.95. The van der Waals surface area contributed by atoms with E-state index in [1.807, 2.05) is 19.9 Å². The van der Waals surface area contributed by atoms with Crippen molar-refractivity contribution in [2.45, 2.75) is 64.8 Å². The fourth-order valence-electron chi connectivity index (χ4n) is 3.77. The molecule has 3 aromatic heterocycles. The molecule has 0 saturated heterocycles. The van der Waals surface area contributed by atoms with Crippen molar-refractivity contribution < 1.29 is 18.0 Å². The summed E-state index contributed by atoms with van der Waals surface area (Å²) >= 11 is 0. The molecule has 0 unspecified atom stereocenters. The molecule has 1 atom stereocenters. The number of rotatable bonds is 6. The molecule has 160 valence electrons. The van der Waals surface area contributed by atoms with Crippen LogP contribution >= 0.6 is 0 Å². The quantitative estimate of drug-likeness (QED) is 0.659. The number of fused-ring (bicyclic) bond motifs is 1. The Labute approximate surface area is 171 Å². The second kappa shape index (κ2) is 7.41. The zero-order valence-corrected chi connectivity index (χ0v) is 17.0. The van der Waals surface area contributed by atoms with Crippen LogP contribution in [0, 0.1) is 6.92 Å². The molecule has 1 amide bonds. The first kappa shape index (κ1) is 20.4. The highest BCUT2D eigenvalue weighted by molar-refractivity contribution is 5.85. The molecule has 3 aromatic rings. The van der Waals surface area contributed by atoms with Gasteiger partial charge in [-0.1, -0.05) is 0 Å². The third-order valence-corrected chi connectivity index (χ3v) is 5.36. The number of nitrogens with one attached hydrogen (secondary N) is 1. The van der Waals surface area contributed by atoms with Gasteiger partial charge in [-0.25, -0.2) is 9.67 Å². The lowest BCUT2D eigenvalue weighted by atomic mass is 10.1. The Kier molecular flexibility index (Phi) is 5.03. The summed E-state index contributed by atoms with van der Waals surface area (Å²) < 4.78 is 44.1. The van der Waals surface area contributed by atoms with Crippen molar-refractivity contribution in [2.24, 2.45) is 0 Å². The summed E-state index contributed by atoms with van der Waals surface area (Å²) in [5.41, 5.74) is 0.832. The van der Waals surface area contributed by atoms with E-state index in [4.69, 9.17) is 0 Å². The topological polar surface area (TPSA) is 77.6 Å². The Morgan fingerprint density at radius 3 is 2.70 bits per heavy atom. The van der Waals surface area contributed by atoms with Gasteiger partial charge in [-0.3, -0.25) is 9.48 Å². The van der Waals surface area contributed by atoms with Crippen molar-refractivity contribution in [1.82, 2.24) is 29.9 Å². The van der Waals surface area contributed by atoms with Gasteiger partial charge >= 0.3 is 6.18 Å². The summed E-state index contributed by atoms with van der Waals surface area (Å²) in [6.45, 7) is 5.74. The third-order valence-electron chi connectivity index (χ3n) is 5.36. The minimum absolute atomic E-state index is 0.0438. The fraction of sp³-hybridized carbons (Fsp3) is 0.500. The van der Waals surface area contributed by atoms with Crippen LogP contribution in [0.3, 0.4) is 0 Å². The normalized spacial score (nSPS) is 15.5. The smallest absolute Gasteiger partial charge is 0.346 e. The molecule has 0 radical (unpaired) electrons. The van der Waals surface area contributed by atoms with Crippen molar-refractivity contribution in [3.8, 4) is 0 Å². The maximum atomic E-state index is 13.7. The highest BCUT2D eigenvalue weighted by Crippen LogP contribution is 2.43. The summed E-state index contributed by atoms with van der Waals surface area (Å²) in [5.74, 6) is -0.315. The Hall–Kier alpha value is -2.91. The van der Waals surface area contributed by atoms with Gasteiger partial charge in [0.1, 0.15) is 6.54 Å². The van der Waals surface area contributed by atoms with Gasteiger partial charge in [0, 0.05) is 24.4 Å². The van der Waals surface area contributed by atoms with Crippen molar-refractivity contribution in [3.05, 3.63) is 41.0 Å². The number of carbonyl (C=O) groups is 1. The molecule has 0 spiro atoms. The number of nitrogens with zero attached hydrogens (tertiary/aromatic N) is 5. The highest BCUT2D eigenvalue weighted by atomic mass is 19.4. The maximum Gasteiger partial charge on any atom is 0.417 e. The number of halogens is 3. The van der Waals surface area contributed by atoms with Gasteiger partial charge in [-0.15, -0.1) is 0 Å². The molecule has 0 bridgehead atoms. The molecule has 1 fully saturated rings. The number of aromatic nitrogens is 5. The summed E-state index contributed by atoms with van der Waals surface area (Å²) in [6.07, 6.45) is -1.20. The van der Waals surface area contributed by atoms with Gasteiger partial charge in [-0.2, -0.15) is 23.4 Å². The molecule has 0 aromatic carbocycles. The first-order valence-corrected chi connectivity index (χ1v) is 9.95. The number of carbonyl (C=O) groups excluding carboxylic acids is 1. The number of hydrogen-bond acceptors (Lipinski definition) is 4. The number of hydrogen-bond donors (Lipinski definition) is 1. The summed E-state index contributed by atoms with van der Waals surface area (Å²) in [4.78, 5) is 17.1. The fourth-order valence-corrected chi connectivity index (χ4v) is 3.77. The number of alkyl halides is 3. The molecule has 3 heterocycles. The number of aryl methyl sites for hydroxylation is 2. The Bertz CT molecular complexity index is 1100. The number of pyridine rings is 1. The van der Waals surface area contributed by atoms with E-state index in [1.54, 1.807) is 10.9 Å². The van der Waals surface area contributed by atoms with Crippen LogP contribution in [-0.4, -0.2) is 30.5 Å². The minimum Gasteiger partial charge on any atom is -0.346 e. The molecular formula is C20H23F3N6O. The summed E-state index contributed by atoms with van der Waals surface area (Å²) in [5, 5.41) is 11.2. The van der Waals surface area contributed by atoms with Crippen molar-refractivity contribution in [3.63, 3.8) is 0 Å². The van der Waals surface area contributed by atoms with Gasteiger partial charge in [0.2, 0.25) is 5.91 Å². The van der Waals surface area contributed by atoms with E-state index in [9.17, 15) is 18.0 Å². The monoisotopic (exact) mass is 420 g/mol. The molecule has 30 heavy (non-hydrogen) atoms. The van der Waals surface area contributed by atoms with Gasteiger partial charge in [0.15, 0.2) is 5.65 Å². The highest BCUT2D eigenvalue weighted by Gasteiger charge is 2.37. The molecule has 7 nitrogen and oxygen atoms in total. The predicted molar refractivity (Wildman–Crippen MR) is 104 cm³/mol. The van der Waals surface area contributed by atoms with Crippen LogP contribution in [0.15, 0.2) is 18.3 Å². The van der Waals surface area contributed by atoms with Crippen LogP contribution in [0.2, 0.25) is 0 Å². The van der Waals surface area contributed by atoms with E-state index < -0.39 is 11.7 Å². The number of amides is 1. The second-order valence-corrected chi connectivity index (χ2v) is 7.67. The summed E-state index contributed by atoms with van der Waals surface area (Å²) in [7, 11) is 0. The molecule has 1 aliphatic rings. The van der Waals surface area contributed by atoms with Crippen LogP contribution in [-0.2, 0) is 24.1 Å². The minimum atomic E-state index is -4.52. The maximum absolute atomic E-state index is 13.7. The lowest BCUT2D eigenvalue weighted by Crippen LogP contribution is -2.31. The van der Waals surface area contributed by atoms with E-state index in [0.29, 0.717) is 12.2 Å². The molecule has 4 rings (SSSR count). The van der Waals surface area contributed by atoms with Crippen LogP contribution in [0.4, 0.5) is 13.2 Å². The molecular weight excluding hydrogens is 397 g/mol. The van der Waals surface area contributed by atoms with Crippen molar-refractivity contribution in [1.29, 1.82) is 0 Å². The molecule has 1 aliphatic carbocycles. The largest absolute Gasteiger partial charge is 0.417 e. The van der Waals surface area contributed by atoms with E-state index >= 15 is 0 Å². The lowest BCUT2D eigenvalue weighted by Gasteiger charge is -2.15. The molecule has 1 N–H and O–H groups in total. The average molecular weight is 420 g/mol. The molecule has 10 heteroatoms. The van der Waals surface area contributed by atoms with E-state index in [0.717, 1.165) is 24.6 Å².